The normalized spacial score (nSPS) is 12.8. The van der Waals surface area contributed by atoms with Gasteiger partial charge < -0.3 is 10.5 Å². The molecule has 0 heterocycles. The third-order valence-corrected chi connectivity index (χ3v) is 1.42. The van der Waals surface area contributed by atoms with Crippen LogP contribution < -0.4 is 5.73 Å². The fourth-order valence-corrected chi connectivity index (χ4v) is 0.759. The maximum Gasteiger partial charge on any atom is 0.248 e. The molecule has 0 atom stereocenters. The molecule has 1 amide bonds. The number of hydrogen-bond donors (Lipinski definition) is 1. The average molecular weight is 181 g/mol. The summed E-state index contributed by atoms with van der Waals surface area (Å²) in [6.45, 7) is 5.92. The van der Waals surface area contributed by atoms with E-state index in [1.807, 2.05) is 6.92 Å². The molecule has 0 aromatic carbocycles. The summed E-state index contributed by atoms with van der Waals surface area (Å²) in [7, 11) is 1.61. The maximum atomic E-state index is 10.7. The molecule has 0 aromatic heterocycles. The molecular formula is C10H15NO2. The number of methoxy groups -OCH3 is 1. The number of primary amides is 1. The molecule has 0 radical (unpaired) electrons. The molecule has 0 rings (SSSR count). The maximum absolute atomic E-state index is 10.7. The molecule has 0 aliphatic heterocycles. The second kappa shape index (κ2) is 6.20. The van der Waals surface area contributed by atoms with E-state index >= 15 is 0 Å². The quantitative estimate of drug-likeness (QED) is 0.511. The van der Waals surface area contributed by atoms with Crippen LogP contribution in [0.1, 0.15) is 6.92 Å². The number of rotatable bonds is 5. The minimum absolute atomic E-state index is 0.399. The van der Waals surface area contributed by atoms with Crippen LogP contribution in [0.15, 0.2) is 36.0 Å². The Balaban J connectivity index is 4.44. The van der Waals surface area contributed by atoms with Gasteiger partial charge in [0, 0.05) is 12.7 Å². The number of hydrogen-bond acceptors (Lipinski definition) is 2. The summed E-state index contributed by atoms with van der Waals surface area (Å²) in [5.74, 6) is -0.475. The van der Waals surface area contributed by atoms with Crippen LogP contribution in [0.5, 0.6) is 0 Å². The highest BCUT2D eigenvalue weighted by atomic mass is 16.5. The first-order valence-electron chi connectivity index (χ1n) is 3.90. The van der Waals surface area contributed by atoms with Crippen LogP contribution in [0, 0.1) is 0 Å². The van der Waals surface area contributed by atoms with E-state index < -0.39 is 5.91 Å². The Hall–Kier alpha value is -1.35. The molecule has 0 saturated heterocycles. The summed E-state index contributed by atoms with van der Waals surface area (Å²) < 4.78 is 4.89. The van der Waals surface area contributed by atoms with Gasteiger partial charge in [-0.3, -0.25) is 4.79 Å². The fraction of sp³-hybridized carbons (Fsp3) is 0.300. The van der Waals surface area contributed by atoms with Crippen molar-refractivity contribution >= 4 is 5.91 Å². The van der Waals surface area contributed by atoms with Gasteiger partial charge in [-0.25, -0.2) is 0 Å². The topological polar surface area (TPSA) is 52.3 Å². The van der Waals surface area contributed by atoms with E-state index in [2.05, 4.69) is 6.58 Å². The van der Waals surface area contributed by atoms with Gasteiger partial charge in [0.05, 0.1) is 6.61 Å². The molecule has 0 fully saturated rings. The minimum Gasteiger partial charge on any atom is -0.380 e. The zero-order valence-corrected chi connectivity index (χ0v) is 8.04. The van der Waals surface area contributed by atoms with Crippen LogP contribution in [-0.2, 0) is 9.53 Å². The molecule has 0 saturated carbocycles. The number of allylic oxidation sites excluding steroid dienone is 2. The third kappa shape index (κ3) is 4.98. The summed E-state index contributed by atoms with van der Waals surface area (Å²) in [5.41, 5.74) is 6.48. The predicted octanol–water partition coefficient (Wildman–Crippen LogP) is 1.18. The minimum atomic E-state index is -0.475. The third-order valence-electron chi connectivity index (χ3n) is 1.42. The van der Waals surface area contributed by atoms with Crippen molar-refractivity contribution in [2.24, 2.45) is 5.73 Å². The van der Waals surface area contributed by atoms with Crippen molar-refractivity contribution in [2.75, 3.05) is 13.7 Å². The van der Waals surface area contributed by atoms with Gasteiger partial charge in [0.25, 0.3) is 0 Å². The summed E-state index contributed by atoms with van der Waals surface area (Å²) in [6.07, 6.45) is 4.84. The number of amides is 1. The van der Waals surface area contributed by atoms with E-state index in [0.29, 0.717) is 12.2 Å². The van der Waals surface area contributed by atoms with Crippen LogP contribution in [-0.4, -0.2) is 19.6 Å². The van der Waals surface area contributed by atoms with Crippen LogP contribution in [0.4, 0.5) is 0 Å². The Bertz CT molecular complexity index is 252. The van der Waals surface area contributed by atoms with E-state index in [1.54, 1.807) is 19.3 Å². The number of carbonyl (C=O) groups excluding carboxylic acids is 1. The second-order valence-electron chi connectivity index (χ2n) is 2.64. The van der Waals surface area contributed by atoms with Crippen LogP contribution in [0.25, 0.3) is 0 Å². The fourth-order valence-electron chi connectivity index (χ4n) is 0.759. The van der Waals surface area contributed by atoms with E-state index in [0.717, 1.165) is 5.57 Å². The monoisotopic (exact) mass is 181 g/mol. The molecule has 0 aromatic rings. The van der Waals surface area contributed by atoms with Crippen molar-refractivity contribution < 1.29 is 9.53 Å². The van der Waals surface area contributed by atoms with Gasteiger partial charge in [-0.1, -0.05) is 18.7 Å². The van der Waals surface area contributed by atoms with Gasteiger partial charge in [-0.05, 0) is 18.6 Å². The van der Waals surface area contributed by atoms with Gasteiger partial charge in [0.1, 0.15) is 0 Å². The molecule has 13 heavy (non-hydrogen) atoms. The zero-order valence-electron chi connectivity index (χ0n) is 8.04. The van der Waals surface area contributed by atoms with Gasteiger partial charge in [0.2, 0.25) is 5.91 Å². The largest absolute Gasteiger partial charge is 0.380 e. The van der Waals surface area contributed by atoms with E-state index in [1.165, 1.54) is 6.08 Å². The molecule has 0 spiro atoms. The first-order valence-corrected chi connectivity index (χ1v) is 3.90. The number of carbonyl (C=O) groups is 1. The molecule has 0 aliphatic rings. The van der Waals surface area contributed by atoms with Crippen molar-refractivity contribution in [2.45, 2.75) is 6.92 Å². The van der Waals surface area contributed by atoms with E-state index in [4.69, 9.17) is 10.5 Å². The molecule has 0 unspecified atom stereocenters. The Kier molecular flexibility index (Phi) is 5.55. The summed E-state index contributed by atoms with van der Waals surface area (Å²) >= 11 is 0. The molecular weight excluding hydrogens is 166 g/mol. The lowest BCUT2D eigenvalue weighted by molar-refractivity contribution is -0.114. The Morgan fingerprint density at radius 2 is 2.15 bits per heavy atom. The van der Waals surface area contributed by atoms with Gasteiger partial charge in [0.15, 0.2) is 0 Å². The number of ether oxygens (including phenoxy) is 1. The second-order valence-corrected chi connectivity index (χ2v) is 2.64. The summed E-state index contributed by atoms with van der Waals surface area (Å²) in [6, 6.07) is 0. The van der Waals surface area contributed by atoms with Crippen LogP contribution in [0.2, 0.25) is 0 Å². The van der Waals surface area contributed by atoms with Crippen molar-refractivity contribution in [3.8, 4) is 0 Å². The smallest absolute Gasteiger partial charge is 0.248 e. The molecule has 2 N–H and O–H groups in total. The van der Waals surface area contributed by atoms with Crippen molar-refractivity contribution in [1.82, 2.24) is 0 Å². The van der Waals surface area contributed by atoms with Crippen LogP contribution in [0.3, 0.4) is 0 Å². The molecule has 0 bridgehead atoms. The lowest BCUT2D eigenvalue weighted by Crippen LogP contribution is -2.11. The summed E-state index contributed by atoms with van der Waals surface area (Å²) in [5, 5.41) is 0. The van der Waals surface area contributed by atoms with E-state index in [-0.39, 0.29) is 0 Å². The summed E-state index contributed by atoms with van der Waals surface area (Å²) in [4.78, 5) is 10.7. The van der Waals surface area contributed by atoms with E-state index in [9.17, 15) is 4.79 Å². The molecule has 3 heteroatoms. The highest BCUT2D eigenvalue weighted by molar-refractivity contribution is 5.94. The predicted molar refractivity (Wildman–Crippen MR) is 53.1 cm³/mol. The highest BCUT2D eigenvalue weighted by Gasteiger charge is 1.96. The first kappa shape index (κ1) is 11.6. The standard InChI is InChI=1S/C10H15NO2/c1-4-9(10(11)12)6-5-8(2)7-13-3/h4-6H,1,7H2,2-3H3,(H2,11,12)/b8-5+,9-6+. The molecule has 0 aliphatic carbocycles. The van der Waals surface area contributed by atoms with Crippen molar-refractivity contribution in [3.63, 3.8) is 0 Å². The van der Waals surface area contributed by atoms with Crippen molar-refractivity contribution in [3.05, 3.63) is 36.0 Å². The van der Waals surface area contributed by atoms with Crippen molar-refractivity contribution in [1.29, 1.82) is 0 Å². The van der Waals surface area contributed by atoms with Gasteiger partial charge in [-0.15, -0.1) is 0 Å². The molecule has 3 nitrogen and oxygen atoms in total. The SMILES string of the molecule is C=C/C(=C\C=C(/C)COC)C(N)=O. The zero-order chi connectivity index (χ0) is 10.3. The average Bonchev–Trinajstić information content (AvgIpc) is 2.05. The van der Waals surface area contributed by atoms with Crippen LogP contribution >= 0.6 is 0 Å². The highest BCUT2D eigenvalue weighted by Crippen LogP contribution is 1.99. The Morgan fingerprint density at radius 3 is 2.54 bits per heavy atom. The number of nitrogens with two attached hydrogens (primary N) is 1. The lowest BCUT2D eigenvalue weighted by Gasteiger charge is -1.96. The lowest BCUT2D eigenvalue weighted by atomic mass is 10.2. The first-order chi connectivity index (χ1) is 6.11. The van der Waals surface area contributed by atoms with Gasteiger partial charge in [-0.2, -0.15) is 0 Å². The Labute approximate surface area is 78.6 Å². The van der Waals surface area contributed by atoms with Gasteiger partial charge >= 0.3 is 0 Å². The Morgan fingerprint density at radius 1 is 1.54 bits per heavy atom. The molecule has 72 valence electrons.